The predicted molar refractivity (Wildman–Crippen MR) is 129 cm³/mol. The molecular weight excluding hydrogens is 438 g/mol. The third kappa shape index (κ3) is 5.57. The number of amides is 1. The van der Waals surface area contributed by atoms with Gasteiger partial charge in [-0.25, -0.2) is 8.42 Å². The Morgan fingerprint density at radius 2 is 1.58 bits per heavy atom. The van der Waals surface area contributed by atoms with Crippen LogP contribution in [0, 0.1) is 5.92 Å². The van der Waals surface area contributed by atoms with Crippen molar-refractivity contribution in [1.82, 2.24) is 9.62 Å². The van der Waals surface area contributed by atoms with E-state index in [-0.39, 0.29) is 16.8 Å². The summed E-state index contributed by atoms with van der Waals surface area (Å²) in [6.45, 7) is 7.92. The number of anilines is 1. The van der Waals surface area contributed by atoms with Gasteiger partial charge in [0.1, 0.15) is 0 Å². The highest BCUT2D eigenvalue weighted by Crippen LogP contribution is 2.25. The second-order valence-electron chi connectivity index (χ2n) is 9.00. The average molecular weight is 472 g/mol. The zero-order valence-corrected chi connectivity index (χ0v) is 20.2. The molecule has 2 aromatic carbocycles. The van der Waals surface area contributed by atoms with E-state index in [0.29, 0.717) is 31.9 Å². The highest BCUT2D eigenvalue weighted by Gasteiger charge is 2.26. The van der Waals surface area contributed by atoms with Gasteiger partial charge in [0.2, 0.25) is 10.0 Å². The van der Waals surface area contributed by atoms with Crippen LogP contribution in [0.2, 0.25) is 0 Å². The van der Waals surface area contributed by atoms with E-state index in [1.54, 1.807) is 12.1 Å². The molecule has 0 aromatic heterocycles. The van der Waals surface area contributed by atoms with Crippen molar-refractivity contribution in [3.8, 4) is 0 Å². The fourth-order valence-corrected chi connectivity index (χ4v) is 5.73. The molecule has 0 spiro atoms. The molecule has 4 rings (SSSR count). The first-order chi connectivity index (χ1) is 15.8. The summed E-state index contributed by atoms with van der Waals surface area (Å²) in [5.41, 5.74) is 2.69. The minimum atomic E-state index is -3.57. The highest BCUT2D eigenvalue weighted by atomic mass is 32.2. The van der Waals surface area contributed by atoms with Crippen LogP contribution in [0.4, 0.5) is 5.69 Å². The van der Waals surface area contributed by atoms with Gasteiger partial charge in [-0.2, -0.15) is 4.31 Å². The maximum Gasteiger partial charge on any atom is 0.251 e. The first-order valence-corrected chi connectivity index (χ1v) is 13.1. The normalized spacial score (nSPS) is 19.3. The zero-order chi connectivity index (χ0) is 23.4. The summed E-state index contributed by atoms with van der Waals surface area (Å²) in [5.74, 6) is 0.566. The van der Waals surface area contributed by atoms with Crippen LogP contribution in [-0.4, -0.2) is 58.0 Å². The van der Waals surface area contributed by atoms with Gasteiger partial charge in [0.15, 0.2) is 0 Å². The molecule has 7 nitrogen and oxygen atoms in total. The number of hydrogen-bond donors (Lipinski definition) is 1. The van der Waals surface area contributed by atoms with Gasteiger partial charge >= 0.3 is 0 Å². The van der Waals surface area contributed by atoms with Crippen LogP contribution in [0.1, 0.15) is 48.7 Å². The SMILES string of the molecule is CC1CCN(c2ccc(C(C)NC(=O)c3ccc(S(=O)(=O)N4CCOCC4)cc3)cc2)CC1. The van der Waals surface area contributed by atoms with Gasteiger partial charge in [0.25, 0.3) is 5.91 Å². The highest BCUT2D eigenvalue weighted by molar-refractivity contribution is 7.89. The molecule has 1 amide bonds. The molecule has 1 unspecified atom stereocenters. The average Bonchev–Trinajstić information content (AvgIpc) is 2.85. The van der Waals surface area contributed by atoms with E-state index in [1.807, 2.05) is 6.92 Å². The lowest BCUT2D eigenvalue weighted by atomic mass is 9.98. The molecular formula is C25H33N3O4S. The number of nitrogens with zero attached hydrogens (tertiary/aromatic N) is 2. The largest absolute Gasteiger partial charge is 0.379 e. The van der Waals surface area contributed by atoms with Crippen molar-refractivity contribution in [2.75, 3.05) is 44.3 Å². The first kappa shape index (κ1) is 23.7. The van der Waals surface area contributed by atoms with Gasteiger partial charge in [-0.15, -0.1) is 0 Å². The molecule has 2 saturated heterocycles. The number of carbonyl (C=O) groups is 1. The van der Waals surface area contributed by atoms with Crippen LogP contribution in [0.3, 0.4) is 0 Å². The Morgan fingerprint density at radius 3 is 2.18 bits per heavy atom. The molecule has 8 heteroatoms. The summed E-state index contributed by atoms with van der Waals surface area (Å²) >= 11 is 0. The van der Waals surface area contributed by atoms with Crippen LogP contribution in [0.15, 0.2) is 53.4 Å². The summed E-state index contributed by atoms with van der Waals surface area (Å²) in [6, 6.07) is 14.3. The summed E-state index contributed by atoms with van der Waals surface area (Å²) in [7, 11) is -3.57. The van der Waals surface area contributed by atoms with E-state index in [0.717, 1.165) is 24.6 Å². The maximum atomic E-state index is 12.8. The van der Waals surface area contributed by atoms with Crippen LogP contribution in [0.5, 0.6) is 0 Å². The van der Waals surface area contributed by atoms with Gasteiger partial charge < -0.3 is 15.0 Å². The molecule has 1 atom stereocenters. The van der Waals surface area contributed by atoms with Crippen LogP contribution in [0.25, 0.3) is 0 Å². The summed E-state index contributed by atoms with van der Waals surface area (Å²) < 4.78 is 32.2. The molecule has 33 heavy (non-hydrogen) atoms. The molecule has 2 aromatic rings. The summed E-state index contributed by atoms with van der Waals surface area (Å²) in [4.78, 5) is 15.3. The van der Waals surface area contributed by atoms with E-state index in [1.165, 1.54) is 35.0 Å². The lowest BCUT2D eigenvalue weighted by Gasteiger charge is -2.32. The monoisotopic (exact) mass is 471 g/mol. The Kier molecular flexibility index (Phi) is 7.36. The summed E-state index contributed by atoms with van der Waals surface area (Å²) in [5, 5.41) is 3.01. The molecule has 2 aliphatic rings. The van der Waals surface area contributed by atoms with Crippen molar-refractivity contribution in [1.29, 1.82) is 0 Å². The predicted octanol–water partition coefficient (Wildman–Crippen LogP) is 3.43. The van der Waals surface area contributed by atoms with Crippen molar-refractivity contribution < 1.29 is 17.9 Å². The van der Waals surface area contributed by atoms with Gasteiger partial charge in [-0.1, -0.05) is 19.1 Å². The smallest absolute Gasteiger partial charge is 0.251 e. The molecule has 0 aliphatic carbocycles. The Hall–Kier alpha value is -2.42. The van der Waals surface area contributed by atoms with Gasteiger partial charge in [-0.05, 0) is 67.6 Å². The molecule has 2 heterocycles. The van der Waals surface area contributed by atoms with E-state index in [4.69, 9.17) is 4.74 Å². The molecule has 178 valence electrons. The van der Waals surface area contributed by atoms with E-state index < -0.39 is 10.0 Å². The second-order valence-corrected chi connectivity index (χ2v) is 10.9. The number of ether oxygens (including phenoxy) is 1. The molecule has 0 bridgehead atoms. The van der Waals surface area contributed by atoms with Crippen molar-refractivity contribution in [3.63, 3.8) is 0 Å². The van der Waals surface area contributed by atoms with E-state index in [9.17, 15) is 13.2 Å². The fraction of sp³-hybridized carbons (Fsp3) is 0.480. The number of morpholine rings is 1. The van der Waals surface area contributed by atoms with Gasteiger partial charge in [0.05, 0.1) is 24.2 Å². The fourth-order valence-electron chi connectivity index (χ4n) is 4.32. The number of carbonyl (C=O) groups excluding carboxylic acids is 1. The number of hydrogen-bond acceptors (Lipinski definition) is 5. The van der Waals surface area contributed by atoms with Crippen molar-refractivity contribution in [2.45, 2.75) is 37.6 Å². The quantitative estimate of drug-likeness (QED) is 0.698. The maximum absolute atomic E-state index is 12.8. The van der Waals surface area contributed by atoms with E-state index in [2.05, 4.69) is 41.4 Å². The zero-order valence-electron chi connectivity index (χ0n) is 19.4. The Bertz CT molecular complexity index is 1040. The number of nitrogens with one attached hydrogen (secondary N) is 1. The number of sulfonamides is 1. The van der Waals surface area contributed by atoms with Crippen molar-refractivity contribution >= 4 is 21.6 Å². The van der Waals surface area contributed by atoms with Crippen LogP contribution in [-0.2, 0) is 14.8 Å². The summed E-state index contributed by atoms with van der Waals surface area (Å²) in [6.07, 6.45) is 2.45. The lowest BCUT2D eigenvalue weighted by molar-refractivity contribution is 0.0730. The number of benzene rings is 2. The topological polar surface area (TPSA) is 79.0 Å². The number of piperidine rings is 1. The van der Waals surface area contributed by atoms with E-state index >= 15 is 0 Å². The van der Waals surface area contributed by atoms with Crippen molar-refractivity contribution in [2.24, 2.45) is 5.92 Å². The molecule has 0 radical (unpaired) electrons. The minimum Gasteiger partial charge on any atom is -0.379 e. The van der Waals surface area contributed by atoms with Crippen molar-refractivity contribution in [3.05, 3.63) is 59.7 Å². The standard InChI is InChI=1S/C25H33N3O4S/c1-19-11-13-27(14-12-19)23-7-3-21(4-8-23)20(2)26-25(29)22-5-9-24(10-6-22)33(30,31)28-15-17-32-18-16-28/h3-10,19-20H,11-18H2,1-2H3,(H,26,29). The Labute approximate surface area is 196 Å². The minimum absolute atomic E-state index is 0.162. The Balaban J connectivity index is 1.36. The number of rotatable bonds is 6. The lowest BCUT2D eigenvalue weighted by Crippen LogP contribution is -2.40. The van der Waals surface area contributed by atoms with Crippen LogP contribution >= 0.6 is 0 Å². The third-order valence-electron chi connectivity index (χ3n) is 6.61. The van der Waals surface area contributed by atoms with Gasteiger partial charge in [0, 0.05) is 37.4 Å². The van der Waals surface area contributed by atoms with Crippen LogP contribution < -0.4 is 10.2 Å². The van der Waals surface area contributed by atoms with Gasteiger partial charge in [-0.3, -0.25) is 4.79 Å². The molecule has 2 aliphatic heterocycles. The molecule has 2 fully saturated rings. The third-order valence-corrected chi connectivity index (χ3v) is 8.53. The molecule has 0 saturated carbocycles. The molecule has 1 N–H and O–H groups in total. The Morgan fingerprint density at radius 1 is 0.970 bits per heavy atom. The first-order valence-electron chi connectivity index (χ1n) is 11.7. The second kappa shape index (κ2) is 10.2.